The lowest BCUT2D eigenvalue weighted by molar-refractivity contribution is 0.601. The number of aryl methyl sites for hydroxylation is 1. The third-order valence-corrected chi connectivity index (χ3v) is 5.28. The Labute approximate surface area is 130 Å². The van der Waals surface area contributed by atoms with Crippen LogP contribution in [0.5, 0.6) is 0 Å². The molecule has 0 atom stereocenters. The van der Waals surface area contributed by atoms with Crippen molar-refractivity contribution < 1.29 is 8.42 Å². The molecule has 3 rings (SSSR count). The molecule has 0 radical (unpaired) electrons. The van der Waals surface area contributed by atoms with Crippen molar-refractivity contribution in [3.05, 3.63) is 46.7 Å². The fourth-order valence-electron chi connectivity index (χ4n) is 1.84. The van der Waals surface area contributed by atoms with Gasteiger partial charge in [0.05, 0.1) is 20.9 Å². The second kappa shape index (κ2) is 5.25. The van der Waals surface area contributed by atoms with E-state index in [9.17, 15) is 8.42 Å². The van der Waals surface area contributed by atoms with Gasteiger partial charge in [-0.15, -0.1) is 11.3 Å². The molecule has 1 aromatic carbocycles. The Balaban J connectivity index is 1.94. The summed E-state index contributed by atoms with van der Waals surface area (Å²) >= 11 is 7.17. The van der Waals surface area contributed by atoms with Crippen molar-refractivity contribution in [2.24, 2.45) is 0 Å². The van der Waals surface area contributed by atoms with Crippen molar-refractivity contribution in [1.29, 1.82) is 0 Å². The fraction of sp³-hybridized carbons (Fsp3) is 0.0769. The predicted octanol–water partition coefficient (Wildman–Crippen LogP) is 3.45. The maximum Gasteiger partial charge on any atom is 0.263 e. The molecule has 21 heavy (non-hydrogen) atoms. The number of sulfonamides is 1. The van der Waals surface area contributed by atoms with Crippen molar-refractivity contribution in [3.63, 3.8) is 0 Å². The van der Waals surface area contributed by atoms with Crippen LogP contribution in [0.1, 0.15) is 5.01 Å². The van der Waals surface area contributed by atoms with Crippen LogP contribution in [0.15, 0.2) is 41.4 Å². The number of thiazole rings is 1. The smallest absolute Gasteiger partial charge is 0.263 e. The van der Waals surface area contributed by atoms with Gasteiger partial charge in [0, 0.05) is 6.20 Å². The number of aromatic nitrogens is 2. The Morgan fingerprint density at radius 2 is 2.05 bits per heavy atom. The largest absolute Gasteiger partial charge is 0.280 e. The summed E-state index contributed by atoms with van der Waals surface area (Å²) < 4.78 is 28.0. The first-order chi connectivity index (χ1) is 9.94. The van der Waals surface area contributed by atoms with Gasteiger partial charge in [-0.05, 0) is 37.3 Å². The Morgan fingerprint density at radius 1 is 1.24 bits per heavy atom. The summed E-state index contributed by atoms with van der Waals surface area (Å²) in [6.45, 7) is 1.91. The topological polar surface area (TPSA) is 72.0 Å². The van der Waals surface area contributed by atoms with Crippen LogP contribution in [0, 0.1) is 6.92 Å². The maximum absolute atomic E-state index is 12.2. The zero-order valence-corrected chi connectivity index (χ0v) is 13.3. The molecular formula is C13H10ClN3O2S2. The Bertz CT molecular complexity index is 905. The highest BCUT2D eigenvalue weighted by Gasteiger charge is 2.15. The van der Waals surface area contributed by atoms with Crippen LogP contribution in [0.2, 0.25) is 5.15 Å². The van der Waals surface area contributed by atoms with E-state index in [2.05, 4.69) is 14.7 Å². The average molecular weight is 340 g/mol. The number of hydrogen-bond acceptors (Lipinski definition) is 5. The first-order valence-electron chi connectivity index (χ1n) is 5.96. The highest BCUT2D eigenvalue weighted by Crippen LogP contribution is 2.26. The number of hydrogen-bond donors (Lipinski definition) is 1. The number of halogens is 1. The second-order valence-electron chi connectivity index (χ2n) is 4.34. The van der Waals surface area contributed by atoms with Crippen LogP contribution in [-0.4, -0.2) is 18.4 Å². The minimum atomic E-state index is -3.68. The highest BCUT2D eigenvalue weighted by atomic mass is 35.5. The molecular weight excluding hydrogens is 330 g/mol. The fourth-order valence-corrected chi connectivity index (χ4v) is 3.81. The molecule has 0 fully saturated rings. The van der Waals surface area contributed by atoms with E-state index in [4.69, 9.17) is 11.6 Å². The Kier molecular flexibility index (Phi) is 3.56. The number of benzene rings is 1. The lowest BCUT2D eigenvalue weighted by atomic mass is 10.3. The van der Waals surface area contributed by atoms with Gasteiger partial charge in [-0.3, -0.25) is 4.72 Å². The molecule has 1 N–H and O–H groups in total. The quantitative estimate of drug-likeness (QED) is 0.742. The monoisotopic (exact) mass is 339 g/mol. The number of rotatable bonds is 3. The molecule has 108 valence electrons. The summed E-state index contributed by atoms with van der Waals surface area (Å²) in [4.78, 5) is 8.18. The summed E-state index contributed by atoms with van der Waals surface area (Å²) in [5.41, 5.74) is 1.34. The van der Waals surface area contributed by atoms with Gasteiger partial charge in [-0.25, -0.2) is 18.4 Å². The van der Waals surface area contributed by atoms with Gasteiger partial charge in [0.15, 0.2) is 0 Å². The van der Waals surface area contributed by atoms with E-state index in [1.807, 2.05) is 6.92 Å². The molecule has 3 aromatic rings. The number of anilines is 1. The lowest BCUT2D eigenvalue weighted by Gasteiger charge is -2.07. The first kappa shape index (κ1) is 14.2. The Morgan fingerprint density at radius 3 is 2.76 bits per heavy atom. The maximum atomic E-state index is 12.2. The van der Waals surface area contributed by atoms with Gasteiger partial charge >= 0.3 is 0 Å². The molecule has 0 aliphatic heterocycles. The summed E-state index contributed by atoms with van der Waals surface area (Å²) in [7, 11) is -3.68. The standard InChI is InChI=1S/C13H10ClN3O2S2/c1-8-16-11-4-2-9(6-12(11)20-8)17-21(18,19)10-3-5-13(14)15-7-10/h2-7,17H,1H3. The van der Waals surface area contributed by atoms with E-state index in [1.165, 1.54) is 29.7 Å². The van der Waals surface area contributed by atoms with E-state index in [-0.39, 0.29) is 10.0 Å². The van der Waals surface area contributed by atoms with Crippen LogP contribution >= 0.6 is 22.9 Å². The van der Waals surface area contributed by atoms with Crippen molar-refractivity contribution >= 4 is 48.9 Å². The van der Waals surface area contributed by atoms with Crippen molar-refractivity contribution in [3.8, 4) is 0 Å². The van der Waals surface area contributed by atoms with Crippen LogP contribution in [0.4, 0.5) is 5.69 Å². The molecule has 5 nitrogen and oxygen atoms in total. The number of nitrogens with one attached hydrogen (secondary N) is 1. The zero-order chi connectivity index (χ0) is 15.0. The number of nitrogens with zero attached hydrogens (tertiary/aromatic N) is 2. The summed E-state index contributed by atoms with van der Waals surface area (Å²) in [5, 5.41) is 1.18. The molecule has 2 heterocycles. The molecule has 2 aromatic heterocycles. The molecule has 0 amide bonds. The molecule has 8 heteroatoms. The SMILES string of the molecule is Cc1nc2ccc(NS(=O)(=O)c3ccc(Cl)nc3)cc2s1. The van der Waals surface area contributed by atoms with Crippen molar-refractivity contribution in [2.45, 2.75) is 11.8 Å². The summed E-state index contributed by atoms with van der Waals surface area (Å²) in [5.74, 6) is 0. The molecule has 0 saturated heterocycles. The molecule has 0 aliphatic rings. The molecule has 0 bridgehead atoms. The molecule has 0 unspecified atom stereocenters. The lowest BCUT2D eigenvalue weighted by Crippen LogP contribution is -2.13. The molecule has 0 saturated carbocycles. The van der Waals surface area contributed by atoms with Gasteiger partial charge in [0.1, 0.15) is 10.0 Å². The van der Waals surface area contributed by atoms with E-state index in [1.54, 1.807) is 18.2 Å². The molecule has 0 spiro atoms. The number of fused-ring (bicyclic) bond motifs is 1. The van der Waals surface area contributed by atoms with Crippen LogP contribution in [0.3, 0.4) is 0 Å². The van der Waals surface area contributed by atoms with Gasteiger partial charge in [-0.1, -0.05) is 11.6 Å². The highest BCUT2D eigenvalue weighted by molar-refractivity contribution is 7.92. The van der Waals surface area contributed by atoms with E-state index >= 15 is 0 Å². The van der Waals surface area contributed by atoms with E-state index in [0.29, 0.717) is 5.69 Å². The third kappa shape index (κ3) is 2.99. The number of pyridine rings is 1. The first-order valence-corrected chi connectivity index (χ1v) is 8.63. The van der Waals surface area contributed by atoms with Gasteiger partial charge in [-0.2, -0.15) is 0 Å². The van der Waals surface area contributed by atoms with E-state index < -0.39 is 10.0 Å². The predicted molar refractivity (Wildman–Crippen MR) is 84.4 cm³/mol. The van der Waals surface area contributed by atoms with Crippen LogP contribution < -0.4 is 4.72 Å². The van der Waals surface area contributed by atoms with Crippen LogP contribution in [0.25, 0.3) is 10.2 Å². The van der Waals surface area contributed by atoms with Crippen LogP contribution in [-0.2, 0) is 10.0 Å². The Hall–Kier alpha value is -1.70. The summed E-state index contributed by atoms with van der Waals surface area (Å²) in [6.07, 6.45) is 1.22. The minimum Gasteiger partial charge on any atom is -0.280 e. The van der Waals surface area contributed by atoms with Gasteiger partial charge in [0.25, 0.3) is 10.0 Å². The van der Waals surface area contributed by atoms with Crippen molar-refractivity contribution in [2.75, 3.05) is 4.72 Å². The minimum absolute atomic E-state index is 0.0625. The van der Waals surface area contributed by atoms with E-state index in [0.717, 1.165) is 15.2 Å². The second-order valence-corrected chi connectivity index (χ2v) is 7.64. The van der Waals surface area contributed by atoms with Gasteiger partial charge in [0.2, 0.25) is 0 Å². The average Bonchev–Trinajstić information content (AvgIpc) is 2.78. The zero-order valence-electron chi connectivity index (χ0n) is 10.9. The summed E-state index contributed by atoms with van der Waals surface area (Å²) in [6, 6.07) is 8.08. The van der Waals surface area contributed by atoms with Gasteiger partial charge < -0.3 is 0 Å². The normalized spacial score (nSPS) is 11.7. The third-order valence-electron chi connectivity index (χ3n) is 2.76. The van der Waals surface area contributed by atoms with Crippen molar-refractivity contribution in [1.82, 2.24) is 9.97 Å². The molecule has 0 aliphatic carbocycles.